The molecule has 2 aromatic heterocycles. The fourth-order valence-corrected chi connectivity index (χ4v) is 4.18. The number of benzene rings is 1. The van der Waals surface area contributed by atoms with Crippen LogP contribution in [0.4, 0.5) is 29.2 Å². The first-order valence-electron chi connectivity index (χ1n) is 10.7. The topological polar surface area (TPSA) is 57.2 Å². The van der Waals surface area contributed by atoms with E-state index < -0.39 is 23.6 Å². The zero-order valence-corrected chi connectivity index (χ0v) is 18.9. The summed E-state index contributed by atoms with van der Waals surface area (Å²) in [5.74, 6) is 0.397. The van der Waals surface area contributed by atoms with Crippen molar-refractivity contribution in [2.45, 2.75) is 38.5 Å². The molecule has 0 amide bonds. The highest BCUT2D eigenvalue weighted by atomic mass is 19.4. The number of likely N-dealkylation sites (N-methyl/N-ethyl adjacent to an activating group) is 1. The maximum atomic E-state index is 14.7. The zero-order valence-electron chi connectivity index (χ0n) is 18.9. The summed E-state index contributed by atoms with van der Waals surface area (Å²) >= 11 is 0. The average Bonchev–Trinajstić information content (AvgIpc) is 3.23. The molecule has 1 aliphatic rings. The molecule has 2 atom stereocenters. The average molecular weight is 462 g/mol. The Morgan fingerprint density at radius 2 is 1.97 bits per heavy atom. The monoisotopic (exact) mass is 462 g/mol. The molecular formula is C23H26F4N6. The first kappa shape index (κ1) is 23.2. The molecule has 0 radical (unpaired) electrons. The molecule has 1 aliphatic heterocycles. The SMILES string of the molecule is Cc1nc(NC(C)c2cccc(C(F)(F)F)c2F)c2cc(N3CC[C@@H](N(C)C)C3)ncc2n1. The lowest BCUT2D eigenvalue weighted by Gasteiger charge is -2.22. The summed E-state index contributed by atoms with van der Waals surface area (Å²) in [6, 6.07) is 4.84. The van der Waals surface area contributed by atoms with Gasteiger partial charge in [-0.15, -0.1) is 0 Å². The number of nitrogens with zero attached hydrogens (tertiary/aromatic N) is 5. The van der Waals surface area contributed by atoms with Crippen LogP contribution in [0.3, 0.4) is 0 Å². The van der Waals surface area contributed by atoms with Gasteiger partial charge in [0.25, 0.3) is 0 Å². The zero-order chi connectivity index (χ0) is 23.9. The molecule has 4 rings (SSSR count). The Hall–Kier alpha value is -3.01. The Morgan fingerprint density at radius 3 is 2.64 bits per heavy atom. The van der Waals surface area contributed by atoms with Crippen LogP contribution in [-0.2, 0) is 6.18 Å². The lowest BCUT2D eigenvalue weighted by molar-refractivity contribution is -0.140. The third-order valence-corrected chi connectivity index (χ3v) is 6.05. The van der Waals surface area contributed by atoms with Crippen molar-refractivity contribution in [3.8, 4) is 0 Å². The molecule has 10 heteroatoms. The molecule has 1 aromatic carbocycles. The van der Waals surface area contributed by atoms with Crippen LogP contribution in [0, 0.1) is 12.7 Å². The number of anilines is 2. The molecule has 1 N–H and O–H groups in total. The van der Waals surface area contributed by atoms with Crippen LogP contribution in [0.25, 0.3) is 10.9 Å². The van der Waals surface area contributed by atoms with Gasteiger partial charge in [-0.2, -0.15) is 13.2 Å². The van der Waals surface area contributed by atoms with Crippen LogP contribution in [0.15, 0.2) is 30.5 Å². The van der Waals surface area contributed by atoms with Gasteiger partial charge in [0, 0.05) is 30.1 Å². The second-order valence-electron chi connectivity index (χ2n) is 8.60. The van der Waals surface area contributed by atoms with E-state index in [4.69, 9.17) is 0 Å². The van der Waals surface area contributed by atoms with Crippen molar-refractivity contribution in [2.24, 2.45) is 0 Å². The number of rotatable bonds is 5. The van der Waals surface area contributed by atoms with Crippen molar-refractivity contribution in [3.63, 3.8) is 0 Å². The Kier molecular flexibility index (Phi) is 6.13. The summed E-state index contributed by atoms with van der Waals surface area (Å²) in [7, 11) is 4.10. The Balaban J connectivity index is 1.68. The minimum atomic E-state index is -4.77. The highest BCUT2D eigenvalue weighted by molar-refractivity contribution is 5.90. The molecule has 1 saturated heterocycles. The second kappa shape index (κ2) is 8.74. The second-order valence-corrected chi connectivity index (χ2v) is 8.60. The van der Waals surface area contributed by atoms with Crippen molar-refractivity contribution in [2.75, 3.05) is 37.4 Å². The minimum absolute atomic E-state index is 0.0862. The van der Waals surface area contributed by atoms with Crippen molar-refractivity contribution < 1.29 is 17.6 Å². The van der Waals surface area contributed by atoms with Crippen LogP contribution in [-0.4, -0.2) is 53.1 Å². The molecule has 176 valence electrons. The van der Waals surface area contributed by atoms with E-state index in [0.29, 0.717) is 28.6 Å². The maximum absolute atomic E-state index is 14.7. The first-order chi connectivity index (χ1) is 15.5. The molecule has 0 spiro atoms. The molecule has 1 fully saturated rings. The predicted octanol–water partition coefficient (Wildman–Crippen LogP) is 4.80. The third-order valence-electron chi connectivity index (χ3n) is 6.05. The standard InChI is InChI=1S/C23H26F4N6/c1-13(16-6-5-7-18(21(16)24)23(25,26)27)29-22-17-10-20(28-11-19(17)30-14(2)31-22)33-9-8-15(12-33)32(3)4/h5-7,10-11,13,15H,8-9,12H2,1-4H3,(H,29,30,31)/t13?,15-/m1/s1. The van der Waals surface area contributed by atoms with E-state index in [9.17, 15) is 17.6 Å². The van der Waals surface area contributed by atoms with Gasteiger partial charge in [0.2, 0.25) is 0 Å². The number of pyridine rings is 1. The Bertz CT molecular complexity index is 1160. The molecule has 3 aromatic rings. The molecule has 0 saturated carbocycles. The first-order valence-corrected chi connectivity index (χ1v) is 10.7. The predicted molar refractivity (Wildman–Crippen MR) is 120 cm³/mol. The highest BCUT2D eigenvalue weighted by Gasteiger charge is 2.35. The van der Waals surface area contributed by atoms with E-state index in [1.54, 1.807) is 20.0 Å². The van der Waals surface area contributed by atoms with Crippen LogP contribution >= 0.6 is 0 Å². The summed E-state index contributed by atoms with van der Waals surface area (Å²) in [6.07, 6.45) is -2.07. The number of alkyl halides is 3. The number of hydrogen-bond acceptors (Lipinski definition) is 6. The van der Waals surface area contributed by atoms with Crippen molar-refractivity contribution in [3.05, 3.63) is 53.2 Å². The van der Waals surface area contributed by atoms with Gasteiger partial charge < -0.3 is 15.1 Å². The largest absolute Gasteiger partial charge is 0.419 e. The van der Waals surface area contributed by atoms with Crippen LogP contribution in [0.5, 0.6) is 0 Å². The number of halogens is 4. The number of hydrogen-bond donors (Lipinski definition) is 1. The number of aromatic nitrogens is 3. The Labute approximate surface area is 189 Å². The highest BCUT2D eigenvalue weighted by Crippen LogP contribution is 2.35. The molecule has 3 heterocycles. The maximum Gasteiger partial charge on any atom is 0.419 e. The molecule has 6 nitrogen and oxygen atoms in total. The third kappa shape index (κ3) is 4.71. The van der Waals surface area contributed by atoms with Crippen molar-refractivity contribution in [1.82, 2.24) is 19.9 Å². The van der Waals surface area contributed by atoms with E-state index in [0.717, 1.165) is 31.4 Å². The fraction of sp³-hybridized carbons (Fsp3) is 0.435. The molecule has 0 bridgehead atoms. The van der Waals surface area contributed by atoms with Gasteiger partial charge in [0.15, 0.2) is 0 Å². The Morgan fingerprint density at radius 1 is 1.21 bits per heavy atom. The number of fused-ring (bicyclic) bond motifs is 1. The summed E-state index contributed by atoms with van der Waals surface area (Å²) in [4.78, 5) is 17.8. The quantitative estimate of drug-likeness (QED) is 0.550. The normalized spacial score (nSPS) is 17.7. The van der Waals surface area contributed by atoms with Crippen LogP contribution in [0.1, 0.15) is 36.3 Å². The van der Waals surface area contributed by atoms with E-state index in [1.165, 1.54) is 12.1 Å². The van der Waals surface area contributed by atoms with Crippen molar-refractivity contribution >= 4 is 22.5 Å². The van der Waals surface area contributed by atoms with Gasteiger partial charge in [0.1, 0.15) is 23.3 Å². The van der Waals surface area contributed by atoms with Gasteiger partial charge in [-0.25, -0.2) is 19.3 Å². The lowest BCUT2D eigenvalue weighted by Crippen LogP contribution is -2.31. The van der Waals surface area contributed by atoms with Gasteiger partial charge >= 0.3 is 6.18 Å². The smallest absolute Gasteiger partial charge is 0.363 e. The minimum Gasteiger partial charge on any atom is -0.363 e. The number of nitrogens with one attached hydrogen (secondary N) is 1. The van der Waals surface area contributed by atoms with Gasteiger partial charge in [-0.05, 0) is 46.5 Å². The summed E-state index contributed by atoms with van der Waals surface area (Å²) in [6.45, 7) is 5.03. The molecule has 33 heavy (non-hydrogen) atoms. The van der Waals surface area contributed by atoms with Crippen LogP contribution < -0.4 is 10.2 Å². The summed E-state index contributed by atoms with van der Waals surface area (Å²) in [5.41, 5.74) is -0.765. The summed E-state index contributed by atoms with van der Waals surface area (Å²) in [5, 5.41) is 3.77. The molecule has 0 aliphatic carbocycles. The van der Waals surface area contributed by atoms with Gasteiger partial charge in [-0.1, -0.05) is 12.1 Å². The van der Waals surface area contributed by atoms with Crippen molar-refractivity contribution in [1.29, 1.82) is 0 Å². The van der Waals surface area contributed by atoms with Crippen LogP contribution in [0.2, 0.25) is 0 Å². The molecular weight excluding hydrogens is 436 g/mol. The van der Waals surface area contributed by atoms with E-state index in [2.05, 4.69) is 44.2 Å². The van der Waals surface area contributed by atoms with Gasteiger partial charge in [0.05, 0.1) is 23.3 Å². The molecule has 1 unspecified atom stereocenters. The van der Waals surface area contributed by atoms with E-state index in [-0.39, 0.29) is 5.56 Å². The summed E-state index contributed by atoms with van der Waals surface area (Å²) < 4.78 is 54.1. The van der Waals surface area contributed by atoms with Gasteiger partial charge in [-0.3, -0.25) is 0 Å². The number of aryl methyl sites for hydroxylation is 1. The fourth-order valence-electron chi connectivity index (χ4n) is 4.18. The lowest BCUT2D eigenvalue weighted by atomic mass is 10.0. The van der Waals surface area contributed by atoms with E-state index in [1.807, 2.05) is 6.07 Å². The van der Waals surface area contributed by atoms with E-state index >= 15 is 0 Å².